The van der Waals surface area contributed by atoms with Crippen LogP contribution in [0.25, 0.3) is 22.2 Å². The molecule has 4 aromatic rings. The van der Waals surface area contributed by atoms with Crippen LogP contribution in [0.15, 0.2) is 73.1 Å². The summed E-state index contributed by atoms with van der Waals surface area (Å²) in [4.78, 5) is 20.9. The Labute approximate surface area is 165 Å². The lowest BCUT2D eigenvalue weighted by molar-refractivity contribution is 0.262. The first-order valence-corrected chi connectivity index (χ1v) is 8.81. The number of nitrogens with one attached hydrogen (secondary N) is 2. The molecule has 138 valence electrons. The average molecular weight is 393 g/mol. The number of benzene rings is 3. The Morgan fingerprint density at radius 2 is 1.79 bits per heavy atom. The first-order chi connectivity index (χ1) is 13.6. The van der Waals surface area contributed by atoms with Gasteiger partial charge >= 0.3 is 6.03 Å². The summed E-state index contributed by atoms with van der Waals surface area (Å²) in [6.07, 6.45) is 1.51. The third-order valence-electron chi connectivity index (χ3n) is 4.12. The maximum atomic E-state index is 13.1. The molecule has 0 saturated carbocycles. The van der Waals surface area contributed by atoms with Crippen molar-refractivity contribution in [2.45, 2.75) is 0 Å². The van der Waals surface area contributed by atoms with E-state index in [0.717, 1.165) is 28.2 Å². The van der Waals surface area contributed by atoms with Gasteiger partial charge in [-0.1, -0.05) is 41.9 Å². The molecule has 0 aliphatic heterocycles. The summed E-state index contributed by atoms with van der Waals surface area (Å²) in [5.74, 6) is -0.472. The Bertz CT molecular complexity index is 1180. The van der Waals surface area contributed by atoms with Crippen LogP contribution in [0.3, 0.4) is 0 Å². The predicted octanol–water partition coefficient (Wildman–Crippen LogP) is 5.73. The van der Waals surface area contributed by atoms with E-state index in [-0.39, 0.29) is 5.02 Å². The standard InChI is InChI=1S/C21H14ClFN4O/c22-17-11-14(23)8-9-19(17)27-21(28)26-15-5-3-4-13(10-15)20-16-6-1-2-7-18(16)24-12-25-20/h1-12H,(H2,26,27,28). The summed E-state index contributed by atoms with van der Waals surface area (Å²) in [7, 11) is 0. The van der Waals surface area contributed by atoms with Crippen LogP contribution in [-0.4, -0.2) is 16.0 Å². The van der Waals surface area contributed by atoms with E-state index in [0.29, 0.717) is 11.4 Å². The van der Waals surface area contributed by atoms with E-state index in [4.69, 9.17) is 11.6 Å². The number of carbonyl (C=O) groups is 1. The van der Waals surface area contributed by atoms with Gasteiger partial charge in [-0.2, -0.15) is 0 Å². The first-order valence-electron chi connectivity index (χ1n) is 8.43. The van der Waals surface area contributed by atoms with E-state index in [1.165, 1.54) is 18.5 Å². The highest BCUT2D eigenvalue weighted by molar-refractivity contribution is 6.33. The third kappa shape index (κ3) is 3.77. The van der Waals surface area contributed by atoms with E-state index >= 15 is 0 Å². The van der Waals surface area contributed by atoms with Crippen LogP contribution in [0.2, 0.25) is 5.02 Å². The van der Waals surface area contributed by atoms with Crippen molar-refractivity contribution >= 4 is 39.9 Å². The molecule has 0 spiro atoms. The van der Waals surface area contributed by atoms with Crippen LogP contribution in [0.5, 0.6) is 0 Å². The van der Waals surface area contributed by atoms with Gasteiger partial charge in [0.2, 0.25) is 0 Å². The molecule has 0 aliphatic rings. The fourth-order valence-corrected chi connectivity index (χ4v) is 3.07. The minimum absolute atomic E-state index is 0.122. The van der Waals surface area contributed by atoms with E-state index in [2.05, 4.69) is 20.6 Å². The molecule has 1 heterocycles. The zero-order chi connectivity index (χ0) is 19.5. The molecule has 2 amide bonds. The van der Waals surface area contributed by atoms with E-state index in [9.17, 15) is 9.18 Å². The molecule has 5 nitrogen and oxygen atoms in total. The number of hydrogen-bond acceptors (Lipinski definition) is 3. The number of anilines is 2. The zero-order valence-electron chi connectivity index (χ0n) is 14.5. The lowest BCUT2D eigenvalue weighted by atomic mass is 10.1. The van der Waals surface area contributed by atoms with Gasteiger partial charge in [0.25, 0.3) is 0 Å². The van der Waals surface area contributed by atoms with Gasteiger partial charge in [0, 0.05) is 16.6 Å². The van der Waals surface area contributed by atoms with Gasteiger partial charge in [-0.25, -0.2) is 19.2 Å². The number of rotatable bonds is 3. The lowest BCUT2D eigenvalue weighted by Gasteiger charge is -2.11. The van der Waals surface area contributed by atoms with Gasteiger partial charge in [0.1, 0.15) is 12.1 Å². The number of amides is 2. The number of halogens is 2. The van der Waals surface area contributed by atoms with Crippen LogP contribution in [0.1, 0.15) is 0 Å². The summed E-state index contributed by atoms with van der Waals surface area (Å²) >= 11 is 5.94. The van der Waals surface area contributed by atoms with Crippen LogP contribution < -0.4 is 10.6 Å². The zero-order valence-corrected chi connectivity index (χ0v) is 15.2. The number of nitrogens with zero attached hydrogens (tertiary/aromatic N) is 2. The molecule has 0 saturated heterocycles. The number of fused-ring (bicyclic) bond motifs is 1. The molecule has 0 aliphatic carbocycles. The highest BCUT2D eigenvalue weighted by Gasteiger charge is 2.10. The van der Waals surface area contributed by atoms with E-state index < -0.39 is 11.8 Å². The second kappa shape index (κ2) is 7.62. The van der Waals surface area contributed by atoms with Crippen molar-refractivity contribution in [3.05, 3.63) is 83.9 Å². The van der Waals surface area contributed by atoms with Gasteiger partial charge in [-0.15, -0.1) is 0 Å². The summed E-state index contributed by atoms with van der Waals surface area (Å²) in [6, 6.07) is 18.3. The quantitative estimate of drug-likeness (QED) is 0.467. The fourth-order valence-electron chi connectivity index (χ4n) is 2.85. The van der Waals surface area contributed by atoms with Crippen molar-refractivity contribution in [3.8, 4) is 11.3 Å². The Hall–Kier alpha value is -3.51. The molecule has 28 heavy (non-hydrogen) atoms. The third-order valence-corrected chi connectivity index (χ3v) is 4.43. The number of carbonyl (C=O) groups excluding carboxylic acids is 1. The molecule has 0 fully saturated rings. The maximum absolute atomic E-state index is 13.1. The van der Waals surface area contributed by atoms with Crippen molar-refractivity contribution in [1.29, 1.82) is 0 Å². The van der Waals surface area contributed by atoms with Crippen LogP contribution in [-0.2, 0) is 0 Å². The monoisotopic (exact) mass is 392 g/mol. The van der Waals surface area contributed by atoms with Crippen molar-refractivity contribution in [2.75, 3.05) is 10.6 Å². The summed E-state index contributed by atoms with van der Waals surface area (Å²) < 4.78 is 13.1. The van der Waals surface area contributed by atoms with Gasteiger partial charge in [0.15, 0.2) is 0 Å². The van der Waals surface area contributed by atoms with Gasteiger partial charge in [-0.05, 0) is 36.4 Å². The van der Waals surface area contributed by atoms with E-state index in [1.54, 1.807) is 6.07 Å². The Morgan fingerprint density at radius 3 is 2.64 bits per heavy atom. The maximum Gasteiger partial charge on any atom is 0.323 e. The molecule has 3 aromatic carbocycles. The predicted molar refractivity (Wildman–Crippen MR) is 109 cm³/mol. The van der Waals surface area contributed by atoms with Crippen molar-refractivity contribution < 1.29 is 9.18 Å². The van der Waals surface area contributed by atoms with Crippen LogP contribution >= 0.6 is 11.6 Å². The molecule has 2 N–H and O–H groups in total. The number of para-hydroxylation sites is 1. The Morgan fingerprint density at radius 1 is 0.929 bits per heavy atom. The molecular weight excluding hydrogens is 379 g/mol. The summed E-state index contributed by atoms with van der Waals surface area (Å²) in [6.45, 7) is 0. The van der Waals surface area contributed by atoms with Crippen molar-refractivity contribution in [3.63, 3.8) is 0 Å². The number of hydrogen-bond donors (Lipinski definition) is 2. The lowest BCUT2D eigenvalue weighted by Crippen LogP contribution is -2.19. The smallest absolute Gasteiger partial charge is 0.308 e. The van der Waals surface area contributed by atoms with Crippen LogP contribution in [0, 0.1) is 5.82 Å². The SMILES string of the molecule is O=C(Nc1cccc(-c2ncnc3ccccc23)c1)Nc1ccc(F)cc1Cl. The Balaban J connectivity index is 1.58. The van der Waals surface area contributed by atoms with Crippen LogP contribution in [0.4, 0.5) is 20.6 Å². The summed E-state index contributed by atoms with van der Waals surface area (Å²) in [5, 5.41) is 6.39. The molecule has 0 radical (unpaired) electrons. The van der Waals surface area contributed by atoms with Gasteiger partial charge in [-0.3, -0.25) is 0 Å². The average Bonchev–Trinajstić information content (AvgIpc) is 2.70. The molecule has 4 rings (SSSR count). The fraction of sp³-hybridized carbons (Fsp3) is 0. The molecule has 0 unspecified atom stereocenters. The van der Waals surface area contributed by atoms with Gasteiger partial charge in [0.05, 0.1) is 21.9 Å². The van der Waals surface area contributed by atoms with E-state index in [1.807, 2.05) is 42.5 Å². The molecule has 0 bridgehead atoms. The Kier molecular flexibility index (Phi) is 4.87. The summed E-state index contributed by atoms with van der Waals surface area (Å²) in [5.41, 5.74) is 3.36. The highest BCUT2D eigenvalue weighted by Crippen LogP contribution is 2.27. The molecular formula is C21H14ClFN4O. The largest absolute Gasteiger partial charge is 0.323 e. The van der Waals surface area contributed by atoms with Crippen molar-refractivity contribution in [1.82, 2.24) is 9.97 Å². The molecule has 1 aromatic heterocycles. The van der Waals surface area contributed by atoms with Crippen molar-refractivity contribution in [2.24, 2.45) is 0 Å². The highest BCUT2D eigenvalue weighted by atomic mass is 35.5. The normalized spacial score (nSPS) is 10.6. The molecule has 0 atom stereocenters. The number of urea groups is 1. The topological polar surface area (TPSA) is 66.9 Å². The molecule has 7 heteroatoms. The van der Waals surface area contributed by atoms with Gasteiger partial charge < -0.3 is 10.6 Å². The second-order valence-corrected chi connectivity index (χ2v) is 6.43. The first kappa shape index (κ1) is 17.9. The second-order valence-electron chi connectivity index (χ2n) is 6.02. The number of aromatic nitrogens is 2. The minimum atomic E-state index is -0.488. The minimum Gasteiger partial charge on any atom is -0.308 e.